The highest BCUT2D eigenvalue weighted by Gasteiger charge is 2.50. The lowest BCUT2D eigenvalue weighted by molar-refractivity contribution is -0.139. The van der Waals surface area contributed by atoms with Crippen molar-refractivity contribution in [3.8, 4) is 5.75 Å². The summed E-state index contributed by atoms with van der Waals surface area (Å²) in [5, 5.41) is 2.86. The monoisotopic (exact) mass is 360 g/mol. The van der Waals surface area contributed by atoms with E-state index in [1.807, 2.05) is 52.0 Å². The summed E-state index contributed by atoms with van der Waals surface area (Å²) in [4.78, 5) is 27.5. The Morgan fingerprint density at radius 1 is 1.19 bits per heavy atom. The van der Waals surface area contributed by atoms with Crippen molar-refractivity contribution in [3.63, 3.8) is 0 Å². The fourth-order valence-corrected chi connectivity index (χ4v) is 3.33. The molecular formula is C20H28N2O4. The Labute approximate surface area is 154 Å². The van der Waals surface area contributed by atoms with Gasteiger partial charge in [0.1, 0.15) is 23.5 Å². The van der Waals surface area contributed by atoms with Crippen LogP contribution in [0.3, 0.4) is 0 Å². The number of hydrogen-bond acceptors (Lipinski definition) is 4. The van der Waals surface area contributed by atoms with E-state index in [0.717, 1.165) is 24.2 Å². The highest BCUT2D eigenvalue weighted by molar-refractivity contribution is 5.90. The molecule has 3 rings (SSSR count). The van der Waals surface area contributed by atoms with Gasteiger partial charge in [-0.1, -0.05) is 18.2 Å². The number of carbonyl (C=O) groups excluding carboxylic acids is 2. The normalized spacial score (nSPS) is 19.5. The molecule has 1 N–H and O–H groups in total. The highest BCUT2D eigenvalue weighted by Crippen LogP contribution is 2.41. The standard InChI is InChI=1S/C20H28N2O4/c1-19(2,3)26-18(24)21-20(4,15-9-10-15)17(23)22-11-12-25-16-8-6-5-7-14(16)13-22/h5-8,15H,9-13H2,1-4H3,(H,21,24). The van der Waals surface area contributed by atoms with Gasteiger partial charge in [0.2, 0.25) is 5.91 Å². The number of alkyl carbamates (subject to hydrolysis) is 1. The van der Waals surface area contributed by atoms with Crippen LogP contribution < -0.4 is 10.1 Å². The molecule has 0 bridgehead atoms. The van der Waals surface area contributed by atoms with Crippen LogP contribution >= 0.6 is 0 Å². The number of benzene rings is 1. The first-order valence-corrected chi connectivity index (χ1v) is 9.20. The van der Waals surface area contributed by atoms with Crippen LogP contribution in [0.5, 0.6) is 5.75 Å². The maximum Gasteiger partial charge on any atom is 0.408 e. The average molecular weight is 360 g/mol. The zero-order valence-corrected chi connectivity index (χ0v) is 16.0. The van der Waals surface area contributed by atoms with Gasteiger partial charge in [0.25, 0.3) is 0 Å². The molecule has 6 heteroatoms. The Kier molecular flexibility index (Phi) is 4.86. The zero-order valence-electron chi connectivity index (χ0n) is 16.0. The minimum atomic E-state index is -0.957. The van der Waals surface area contributed by atoms with Gasteiger partial charge in [-0.05, 0) is 52.5 Å². The van der Waals surface area contributed by atoms with Crippen molar-refractivity contribution in [1.29, 1.82) is 0 Å². The summed E-state index contributed by atoms with van der Waals surface area (Å²) in [6, 6.07) is 7.75. The van der Waals surface area contributed by atoms with Gasteiger partial charge < -0.3 is 19.7 Å². The van der Waals surface area contributed by atoms with Gasteiger partial charge in [0.15, 0.2) is 0 Å². The van der Waals surface area contributed by atoms with E-state index in [-0.39, 0.29) is 11.8 Å². The van der Waals surface area contributed by atoms with Gasteiger partial charge in [-0.3, -0.25) is 4.79 Å². The molecule has 0 aromatic heterocycles. The maximum absolute atomic E-state index is 13.4. The summed E-state index contributed by atoms with van der Waals surface area (Å²) in [7, 11) is 0. The van der Waals surface area contributed by atoms with E-state index in [0.29, 0.717) is 19.7 Å². The fraction of sp³-hybridized carbons (Fsp3) is 0.600. The molecule has 1 fully saturated rings. The Morgan fingerprint density at radius 2 is 1.88 bits per heavy atom. The number of nitrogens with zero attached hydrogens (tertiary/aromatic N) is 1. The second-order valence-corrected chi connectivity index (χ2v) is 8.29. The second kappa shape index (κ2) is 6.82. The lowest BCUT2D eigenvalue weighted by Crippen LogP contribution is -2.60. The van der Waals surface area contributed by atoms with Crippen molar-refractivity contribution < 1.29 is 19.1 Å². The largest absolute Gasteiger partial charge is 0.491 e. The van der Waals surface area contributed by atoms with Gasteiger partial charge >= 0.3 is 6.09 Å². The molecule has 142 valence electrons. The molecule has 1 aromatic carbocycles. The smallest absolute Gasteiger partial charge is 0.408 e. The molecule has 6 nitrogen and oxygen atoms in total. The predicted octanol–water partition coefficient (Wildman–Crippen LogP) is 3.10. The van der Waals surface area contributed by atoms with Crippen molar-refractivity contribution in [2.24, 2.45) is 5.92 Å². The van der Waals surface area contributed by atoms with Crippen LogP contribution in [0.4, 0.5) is 4.79 Å². The summed E-state index contributed by atoms with van der Waals surface area (Å²) in [6.07, 6.45) is 1.31. The van der Waals surface area contributed by atoms with Crippen molar-refractivity contribution in [3.05, 3.63) is 29.8 Å². The molecule has 1 saturated carbocycles. The van der Waals surface area contributed by atoms with E-state index in [9.17, 15) is 9.59 Å². The third-order valence-electron chi connectivity index (χ3n) is 4.84. The number of fused-ring (bicyclic) bond motifs is 1. The Morgan fingerprint density at radius 3 is 2.54 bits per heavy atom. The molecule has 0 spiro atoms. The number of nitrogens with one attached hydrogen (secondary N) is 1. The molecule has 2 aliphatic rings. The van der Waals surface area contributed by atoms with Crippen molar-refractivity contribution in [1.82, 2.24) is 10.2 Å². The number of para-hydroxylation sites is 1. The lowest BCUT2D eigenvalue weighted by Gasteiger charge is -2.35. The molecule has 1 aliphatic heterocycles. The topological polar surface area (TPSA) is 67.9 Å². The molecule has 1 atom stereocenters. The van der Waals surface area contributed by atoms with Crippen LogP contribution in [0.1, 0.15) is 46.1 Å². The van der Waals surface area contributed by atoms with Crippen molar-refractivity contribution in [2.75, 3.05) is 13.2 Å². The van der Waals surface area contributed by atoms with E-state index in [1.54, 1.807) is 4.90 Å². The van der Waals surface area contributed by atoms with Crippen LogP contribution in [-0.4, -0.2) is 41.2 Å². The van der Waals surface area contributed by atoms with Crippen LogP contribution in [0.2, 0.25) is 0 Å². The van der Waals surface area contributed by atoms with Gasteiger partial charge in [-0.2, -0.15) is 0 Å². The second-order valence-electron chi connectivity index (χ2n) is 8.29. The number of carbonyl (C=O) groups is 2. The highest BCUT2D eigenvalue weighted by atomic mass is 16.6. The number of ether oxygens (including phenoxy) is 2. The Balaban J connectivity index is 1.77. The van der Waals surface area contributed by atoms with Crippen LogP contribution in [0, 0.1) is 5.92 Å². The lowest BCUT2D eigenvalue weighted by atomic mass is 9.93. The van der Waals surface area contributed by atoms with Crippen LogP contribution in [0.15, 0.2) is 24.3 Å². The molecule has 1 aliphatic carbocycles. The minimum Gasteiger partial charge on any atom is -0.491 e. The summed E-state index contributed by atoms with van der Waals surface area (Å²) < 4.78 is 11.1. The van der Waals surface area contributed by atoms with Gasteiger partial charge in [-0.25, -0.2) is 4.79 Å². The van der Waals surface area contributed by atoms with Crippen molar-refractivity contribution >= 4 is 12.0 Å². The third kappa shape index (κ3) is 4.11. The van der Waals surface area contributed by atoms with E-state index >= 15 is 0 Å². The zero-order chi connectivity index (χ0) is 18.9. The van der Waals surface area contributed by atoms with E-state index < -0.39 is 17.2 Å². The first-order chi connectivity index (χ1) is 12.2. The predicted molar refractivity (Wildman–Crippen MR) is 97.9 cm³/mol. The molecule has 26 heavy (non-hydrogen) atoms. The van der Waals surface area contributed by atoms with Gasteiger partial charge in [-0.15, -0.1) is 0 Å². The number of amides is 2. The van der Waals surface area contributed by atoms with Gasteiger partial charge in [0, 0.05) is 12.1 Å². The van der Waals surface area contributed by atoms with E-state index in [1.165, 1.54) is 0 Å². The first-order valence-electron chi connectivity index (χ1n) is 9.20. The Hall–Kier alpha value is -2.24. The average Bonchev–Trinajstić information content (AvgIpc) is 3.38. The van der Waals surface area contributed by atoms with Crippen LogP contribution in [-0.2, 0) is 16.1 Å². The minimum absolute atomic E-state index is 0.0776. The molecule has 2 amide bonds. The molecule has 0 saturated heterocycles. The van der Waals surface area contributed by atoms with E-state index in [4.69, 9.17) is 9.47 Å². The molecule has 1 heterocycles. The number of hydrogen-bond donors (Lipinski definition) is 1. The molecule has 1 unspecified atom stereocenters. The Bertz CT molecular complexity index is 693. The summed E-state index contributed by atoms with van der Waals surface area (Å²) in [6.45, 7) is 8.66. The fourth-order valence-electron chi connectivity index (χ4n) is 3.33. The van der Waals surface area contributed by atoms with Crippen molar-refractivity contribution in [2.45, 2.75) is 58.2 Å². The summed E-state index contributed by atoms with van der Waals surface area (Å²) in [5.41, 5.74) is -0.581. The summed E-state index contributed by atoms with van der Waals surface area (Å²) in [5.74, 6) is 0.879. The number of rotatable bonds is 3. The molecule has 0 radical (unpaired) electrons. The third-order valence-corrected chi connectivity index (χ3v) is 4.84. The van der Waals surface area contributed by atoms with Crippen LogP contribution in [0.25, 0.3) is 0 Å². The first kappa shape index (κ1) is 18.5. The molecular weight excluding hydrogens is 332 g/mol. The quantitative estimate of drug-likeness (QED) is 0.899. The maximum atomic E-state index is 13.4. The molecule has 1 aromatic rings. The van der Waals surface area contributed by atoms with Gasteiger partial charge in [0.05, 0.1) is 6.54 Å². The van der Waals surface area contributed by atoms with E-state index in [2.05, 4.69) is 5.32 Å². The summed E-state index contributed by atoms with van der Waals surface area (Å²) >= 11 is 0. The SMILES string of the molecule is CC(C)(C)OC(=O)NC(C)(C(=O)N1CCOc2ccccc2C1)C1CC1.